The summed E-state index contributed by atoms with van der Waals surface area (Å²) in [5.41, 5.74) is 5.60. The summed E-state index contributed by atoms with van der Waals surface area (Å²) in [6.45, 7) is 6.53. The van der Waals surface area contributed by atoms with Gasteiger partial charge in [0.25, 0.3) is 0 Å². The van der Waals surface area contributed by atoms with E-state index in [0.29, 0.717) is 12.3 Å². The third-order valence-corrected chi connectivity index (χ3v) is 13.7. The van der Waals surface area contributed by atoms with Gasteiger partial charge in [0.15, 0.2) is 0 Å². The fourth-order valence-electron chi connectivity index (χ4n) is 8.87. The lowest BCUT2D eigenvalue weighted by Crippen LogP contribution is -2.55. The van der Waals surface area contributed by atoms with Gasteiger partial charge < -0.3 is 10.5 Å². The number of carbonyl (C=O) groups excluding carboxylic acids is 1. The van der Waals surface area contributed by atoms with Crippen molar-refractivity contribution < 1.29 is 17.9 Å². The first-order chi connectivity index (χ1) is 19.0. The van der Waals surface area contributed by atoms with Crippen LogP contribution in [0.15, 0.2) is 30.3 Å². The summed E-state index contributed by atoms with van der Waals surface area (Å²) in [5.74, 6) is 0.156. The van der Waals surface area contributed by atoms with E-state index in [1.807, 2.05) is 41.6 Å². The molecule has 2 bridgehead atoms. The molecule has 0 aliphatic heterocycles. The summed E-state index contributed by atoms with van der Waals surface area (Å²) in [6.07, 6.45) is 13.4. The third-order valence-electron chi connectivity index (χ3n) is 11.6. The lowest BCUT2D eigenvalue weighted by Gasteiger charge is -2.46. The lowest BCUT2D eigenvalue weighted by molar-refractivity contribution is -0.167. The molecule has 1 aromatic rings. The largest absolute Gasteiger partial charge is 0.461 e. The maximum Gasteiger partial charge on any atom is 0.313 e. The van der Waals surface area contributed by atoms with Gasteiger partial charge in [0.2, 0.25) is 10.0 Å². The highest BCUT2D eigenvalue weighted by molar-refractivity contribution is 7.89. The minimum absolute atomic E-state index is 0.0898. The van der Waals surface area contributed by atoms with E-state index in [4.69, 9.17) is 10.5 Å². The molecule has 5 rings (SSSR count). The summed E-state index contributed by atoms with van der Waals surface area (Å²) in [5, 5.41) is 0. The molecule has 4 atom stereocenters. The quantitative estimate of drug-likeness (QED) is 0.336. The number of carbonyl (C=O) groups is 1. The van der Waals surface area contributed by atoms with Crippen molar-refractivity contribution in [1.82, 2.24) is 4.31 Å². The van der Waals surface area contributed by atoms with Gasteiger partial charge in [0, 0.05) is 24.0 Å². The molecule has 0 heterocycles. The van der Waals surface area contributed by atoms with Crippen LogP contribution in [0, 0.1) is 22.2 Å². The van der Waals surface area contributed by atoms with Gasteiger partial charge in [-0.25, -0.2) is 8.42 Å². The summed E-state index contributed by atoms with van der Waals surface area (Å²) in [7, 11) is -3.56. The SMILES string of the molecule is CC1(C)[C@@H]2CC[C@@]1(CS(=O)(=O)N(C1CCCCC1)C1CCCCC1)[C@H](OC(=O)[C@](C)(CN)Cc1ccccc1)C2. The van der Waals surface area contributed by atoms with E-state index in [1.165, 1.54) is 12.8 Å². The van der Waals surface area contributed by atoms with E-state index in [0.717, 1.165) is 76.2 Å². The molecule has 0 unspecified atom stereocenters. The standard InChI is InChI=1S/C33H52N2O4S/c1-31(2)26-19-20-33(31,29(21-26)39-30(36)32(3,23-34)22-25-13-7-4-8-14-25)24-40(37,38)35(27-15-9-5-10-16-27)28-17-11-6-12-18-28/h4,7-8,13-14,26-29H,5-6,9-12,15-24,34H2,1-3H3/t26-,29-,32+,33-/m1/s1. The molecule has 6 nitrogen and oxygen atoms in total. The monoisotopic (exact) mass is 572 g/mol. The second-order valence-electron chi connectivity index (χ2n) is 14.3. The van der Waals surface area contributed by atoms with Crippen molar-refractivity contribution in [3.63, 3.8) is 0 Å². The van der Waals surface area contributed by atoms with E-state index in [1.54, 1.807) is 0 Å². The highest BCUT2D eigenvalue weighted by Gasteiger charge is 2.67. The first-order valence-corrected chi connectivity index (χ1v) is 17.6. The molecule has 1 aromatic carbocycles. The Kier molecular flexibility index (Phi) is 8.77. The Morgan fingerprint density at radius 3 is 2.08 bits per heavy atom. The van der Waals surface area contributed by atoms with Crippen molar-refractivity contribution in [2.24, 2.45) is 27.9 Å². The molecule has 0 radical (unpaired) electrons. The van der Waals surface area contributed by atoms with E-state index in [9.17, 15) is 13.2 Å². The summed E-state index contributed by atoms with van der Waals surface area (Å²) in [4.78, 5) is 13.8. The van der Waals surface area contributed by atoms with E-state index >= 15 is 0 Å². The maximum atomic E-state index is 14.6. The fraction of sp³-hybridized carbons (Fsp3) is 0.788. The highest BCUT2D eigenvalue weighted by Crippen LogP contribution is 2.67. The van der Waals surface area contributed by atoms with Crippen LogP contribution >= 0.6 is 0 Å². The number of hydrogen-bond donors (Lipinski definition) is 1. The molecule has 4 aliphatic carbocycles. The third kappa shape index (κ3) is 5.51. The van der Waals surface area contributed by atoms with Crippen molar-refractivity contribution in [2.45, 2.75) is 129 Å². The molecule has 0 amide bonds. The van der Waals surface area contributed by atoms with Gasteiger partial charge in [-0.05, 0) is 75.2 Å². The second kappa shape index (κ2) is 11.7. The Balaban J connectivity index is 1.42. The zero-order valence-corrected chi connectivity index (χ0v) is 25.9. The number of nitrogens with two attached hydrogens (primary N) is 1. The van der Waals surface area contributed by atoms with Gasteiger partial charge in [-0.1, -0.05) is 82.7 Å². The predicted octanol–water partition coefficient (Wildman–Crippen LogP) is 6.23. The molecule has 4 aliphatic rings. The van der Waals surface area contributed by atoms with Crippen LogP contribution < -0.4 is 5.73 Å². The van der Waals surface area contributed by atoms with Crippen LogP contribution in [-0.4, -0.2) is 49.2 Å². The number of nitrogens with zero attached hydrogens (tertiary/aromatic N) is 1. The van der Waals surface area contributed by atoms with Crippen LogP contribution in [0.5, 0.6) is 0 Å². The Morgan fingerprint density at radius 1 is 0.975 bits per heavy atom. The summed E-state index contributed by atoms with van der Waals surface area (Å²) < 4.78 is 37.7. The van der Waals surface area contributed by atoms with Gasteiger partial charge in [-0.15, -0.1) is 0 Å². The Bertz CT molecular complexity index is 1110. The first kappa shape index (κ1) is 30.0. The van der Waals surface area contributed by atoms with Crippen LogP contribution in [-0.2, 0) is 26.0 Å². The molecule has 0 saturated heterocycles. The van der Waals surface area contributed by atoms with Gasteiger partial charge >= 0.3 is 5.97 Å². The molecule has 2 N–H and O–H groups in total. The Hall–Kier alpha value is -1.44. The molecule has 4 fully saturated rings. The van der Waals surface area contributed by atoms with Crippen LogP contribution in [0.4, 0.5) is 0 Å². The van der Waals surface area contributed by atoms with Crippen molar-refractivity contribution in [3.05, 3.63) is 35.9 Å². The Morgan fingerprint density at radius 2 is 1.55 bits per heavy atom. The molecule has 0 spiro atoms. The average molecular weight is 573 g/mol. The number of rotatable bonds is 10. The minimum Gasteiger partial charge on any atom is -0.461 e. The molecule has 40 heavy (non-hydrogen) atoms. The lowest BCUT2D eigenvalue weighted by atomic mass is 9.69. The van der Waals surface area contributed by atoms with Crippen molar-refractivity contribution in [3.8, 4) is 0 Å². The van der Waals surface area contributed by atoms with Crippen molar-refractivity contribution in [1.29, 1.82) is 0 Å². The molecule has 4 saturated carbocycles. The number of hydrogen-bond acceptors (Lipinski definition) is 5. The van der Waals surface area contributed by atoms with Gasteiger partial charge in [-0.3, -0.25) is 4.79 Å². The molecule has 0 aromatic heterocycles. The van der Waals surface area contributed by atoms with E-state index < -0.39 is 27.0 Å². The number of fused-ring (bicyclic) bond motifs is 2. The second-order valence-corrected chi connectivity index (χ2v) is 16.2. The smallest absolute Gasteiger partial charge is 0.313 e. The zero-order valence-electron chi connectivity index (χ0n) is 25.1. The van der Waals surface area contributed by atoms with E-state index in [2.05, 4.69) is 13.8 Å². The highest BCUT2D eigenvalue weighted by atomic mass is 32.2. The fourth-order valence-corrected chi connectivity index (χ4v) is 11.7. The summed E-state index contributed by atoms with van der Waals surface area (Å²) >= 11 is 0. The molecule has 224 valence electrons. The number of benzene rings is 1. The number of ether oxygens (including phenoxy) is 1. The van der Waals surface area contributed by atoms with Gasteiger partial charge in [0.05, 0.1) is 11.2 Å². The summed E-state index contributed by atoms with van der Waals surface area (Å²) in [6, 6.07) is 10.2. The van der Waals surface area contributed by atoms with Crippen LogP contribution in [0.2, 0.25) is 0 Å². The van der Waals surface area contributed by atoms with Crippen LogP contribution in [0.3, 0.4) is 0 Å². The average Bonchev–Trinajstić information content (AvgIpc) is 3.29. The topological polar surface area (TPSA) is 89.7 Å². The molecular weight excluding hydrogens is 520 g/mol. The van der Waals surface area contributed by atoms with Gasteiger partial charge in [-0.2, -0.15) is 4.31 Å². The van der Waals surface area contributed by atoms with Crippen LogP contribution in [0.25, 0.3) is 0 Å². The first-order valence-electron chi connectivity index (χ1n) is 16.0. The zero-order chi connectivity index (χ0) is 28.6. The molecular formula is C33H52N2O4S. The van der Waals surface area contributed by atoms with Crippen molar-refractivity contribution in [2.75, 3.05) is 12.3 Å². The van der Waals surface area contributed by atoms with E-state index in [-0.39, 0.29) is 35.8 Å². The minimum atomic E-state index is -3.56. The maximum absolute atomic E-state index is 14.6. The van der Waals surface area contributed by atoms with Gasteiger partial charge in [0.1, 0.15) is 6.10 Å². The van der Waals surface area contributed by atoms with Crippen molar-refractivity contribution >= 4 is 16.0 Å². The number of sulfonamides is 1. The number of esters is 1. The normalized spacial score (nSPS) is 30.8. The molecule has 7 heteroatoms. The predicted molar refractivity (Wildman–Crippen MR) is 160 cm³/mol. The van der Waals surface area contributed by atoms with Crippen LogP contribution in [0.1, 0.15) is 110 Å². The Labute approximate surface area is 242 Å².